The third-order valence-corrected chi connectivity index (χ3v) is 9.48. The lowest BCUT2D eigenvalue weighted by Gasteiger charge is -2.26. The Labute approximate surface area is 209 Å². The van der Waals surface area contributed by atoms with E-state index in [1.165, 1.54) is 60.1 Å². The molecule has 0 radical (unpaired) electrons. The second-order valence-electron chi connectivity index (χ2n) is 8.92. The van der Waals surface area contributed by atoms with Crippen molar-refractivity contribution < 1.29 is 9.59 Å². The predicted octanol–water partition coefficient (Wildman–Crippen LogP) is 6.27. The van der Waals surface area contributed by atoms with E-state index in [1.54, 1.807) is 18.0 Å². The minimum Gasteiger partial charge on any atom is -0.342 e. The van der Waals surface area contributed by atoms with Gasteiger partial charge in [-0.1, -0.05) is 49.2 Å². The van der Waals surface area contributed by atoms with Crippen molar-refractivity contribution in [2.45, 2.75) is 66.4 Å². The number of thioether (sulfide) groups is 2. The van der Waals surface area contributed by atoms with Gasteiger partial charge in [-0.05, 0) is 55.6 Å². The van der Waals surface area contributed by atoms with Crippen molar-refractivity contribution in [3.05, 3.63) is 36.0 Å². The van der Waals surface area contributed by atoms with Gasteiger partial charge in [0.1, 0.15) is 0 Å². The highest BCUT2D eigenvalue weighted by Crippen LogP contribution is 2.36. The Kier molecular flexibility index (Phi) is 9.15. The molecule has 4 rings (SSSR count). The number of carbonyl (C=O) groups is 2. The summed E-state index contributed by atoms with van der Waals surface area (Å²) in [6, 6.07) is 8.40. The number of thiazole rings is 1. The number of anilines is 1. The average Bonchev–Trinajstić information content (AvgIpc) is 3.53. The first-order valence-corrected chi connectivity index (χ1v) is 15.0. The van der Waals surface area contributed by atoms with Crippen molar-refractivity contribution in [1.29, 1.82) is 0 Å². The molecule has 33 heavy (non-hydrogen) atoms. The van der Waals surface area contributed by atoms with E-state index < -0.39 is 0 Å². The number of benzene rings is 1. The molecular weight excluding hydrogens is 470 g/mol. The monoisotopic (exact) mass is 503 g/mol. The quantitative estimate of drug-likeness (QED) is 0.409. The van der Waals surface area contributed by atoms with E-state index >= 15 is 0 Å². The Morgan fingerprint density at radius 3 is 2.55 bits per heavy atom. The summed E-state index contributed by atoms with van der Waals surface area (Å²) in [5.41, 5.74) is 1.08. The molecule has 1 aromatic carbocycles. The van der Waals surface area contributed by atoms with Crippen LogP contribution >= 0.6 is 34.9 Å². The maximum absolute atomic E-state index is 13.3. The van der Waals surface area contributed by atoms with Crippen LogP contribution in [0.1, 0.15) is 62.8 Å². The molecule has 2 fully saturated rings. The first-order chi connectivity index (χ1) is 16.1. The SMILES string of the molecule is CSc1ccc(C(CC2CCCC2)C(=O)Nc2ncc(SCC(=O)N3CCCCC3)s2)cc1. The molecule has 1 saturated carbocycles. The van der Waals surface area contributed by atoms with Gasteiger partial charge in [-0.2, -0.15) is 0 Å². The zero-order valence-corrected chi connectivity index (χ0v) is 21.7. The fraction of sp³-hybridized carbons (Fsp3) is 0.560. The first-order valence-electron chi connectivity index (χ1n) is 11.9. The van der Waals surface area contributed by atoms with Gasteiger partial charge in [0.25, 0.3) is 0 Å². The molecule has 0 bridgehead atoms. The molecule has 8 heteroatoms. The Morgan fingerprint density at radius 1 is 1.12 bits per heavy atom. The first kappa shape index (κ1) is 24.6. The van der Waals surface area contributed by atoms with E-state index in [4.69, 9.17) is 0 Å². The molecule has 1 unspecified atom stereocenters. The van der Waals surface area contributed by atoms with Gasteiger partial charge in [0.05, 0.1) is 22.1 Å². The molecule has 2 aliphatic rings. The third kappa shape index (κ3) is 6.99. The minimum absolute atomic E-state index is 0.0223. The largest absolute Gasteiger partial charge is 0.342 e. The van der Waals surface area contributed by atoms with Crippen LogP contribution in [0.15, 0.2) is 39.6 Å². The van der Waals surface area contributed by atoms with E-state index in [0.29, 0.717) is 16.8 Å². The number of hydrogen-bond donors (Lipinski definition) is 1. The number of aromatic nitrogens is 1. The van der Waals surface area contributed by atoms with E-state index in [1.807, 2.05) is 4.90 Å². The van der Waals surface area contributed by atoms with Crippen molar-refractivity contribution in [2.24, 2.45) is 5.92 Å². The van der Waals surface area contributed by atoms with Gasteiger partial charge >= 0.3 is 0 Å². The highest BCUT2D eigenvalue weighted by Gasteiger charge is 2.27. The van der Waals surface area contributed by atoms with Crippen LogP contribution in [0.4, 0.5) is 5.13 Å². The van der Waals surface area contributed by atoms with Crippen LogP contribution < -0.4 is 5.32 Å². The molecule has 2 heterocycles. The summed E-state index contributed by atoms with van der Waals surface area (Å²) >= 11 is 4.69. The summed E-state index contributed by atoms with van der Waals surface area (Å²) in [5, 5.41) is 3.68. The lowest BCUT2D eigenvalue weighted by Crippen LogP contribution is -2.36. The number of nitrogens with zero attached hydrogens (tertiary/aromatic N) is 2. The Balaban J connectivity index is 1.36. The maximum Gasteiger partial charge on any atom is 0.233 e. The van der Waals surface area contributed by atoms with Gasteiger partial charge in [0.2, 0.25) is 11.8 Å². The van der Waals surface area contributed by atoms with Gasteiger partial charge in [0.15, 0.2) is 5.13 Å². The van der Waals surface area contributed by atoms with Crippen LogP contribution in [0.5, 0.6) is 0 Å². The standard InChI is InChI=1S/C25H33N3O2S3/c1-31-20-11-9-19(10-12-20)21(15-18-7-3-4-8-18)24(30)27-25-26-16-23(33-25)32-17-22(29)28-13-5-2-6-14-28/h9-12,16,18,21H,2-8,13-15,17H2,1H3,(H,26,27,30). The topological polar surface area (TPSA) is 62.3 Å². The Hall–Kier alpha value is -1.51. The van der Waals surface area contributed by atoms with Crippen LogP contribution in [-0.4, -0.2) is 46.8 Å². The number of piperidine rings is 1. The summed E-state index contributed by atoms with van der Waals surface area (Å²) in [7, 11) is 0. The highest BCUT2D eigenvalue weighted by atomic mass is 32.2. The lowest BCUT2D eigenvalue weighted by molar-refractivity contribution is -0.129. The van der Waals surface area contributed by atoms with Crippen molar-refractivity contribution >= 4 is 51.8 Å². The molecule has 2 amide bonds. The average molecular weight is 504 g/mol. The van der Waals surface area contributed by atoms with Crippen molar-refractivity contribution in [3.8, 4) is 0 Å². The number of amides is 2. The second-order valence-corrected chi connectivity index (χ2v) is 12.1. The smallest absolute Gasteiger partial charge is 0.233 e. The van der Waals surface area contributed by atoms with Crippen molar-refractivity contribution in [3.63, 3.8) is 0 Å². The lowest BCUT2D eigenvalue weighted by atomic mass is 9.87. The number of rotatable bonds is 9. The van der Waals surface area contributed by atoms with Gasteiger partial charge in [-0.15, -0.1) is 23.5 Å². The van der Waals surface area contributed by atoms with E-state index in [2.05, 4.69) is 40.8 Å². The van der Waals surface area contributed by atoms with E-state index in [0.717, 1.165) is 42.1 Å². The zero-order valence-electron chi connectivity index (χ0n) is 19.3. The Morgan fingerprint density at radius 2 is 1.85 bits per heavy atom. The third-order valence-electron chi connectivity index (χ3n) is 6.64. The van der Waals surface area contributed by atoms with Crippen LogP contribution in [0, 0.1) is 5.92 Å². The zero-order chi connectivity index (χ0) is 23.0. The number of nitrogens with one attached hydrogen (secondary N) is 1. The van der Waals surface area contributed by atoms with Gasteiger partial charge in [0, 0.05) is 18.0 Å². The highest BCUT2D eigenvalue weighted by molar-refractivity contribution is 8.01. The number of carbonyl (C=O) groups excluding carboxylic acids is 2. The van der Waals surface area contributed by atoms with Crippen LogP contribution in [0.25, 0.3) is 0 Å². The van der Waals surface area contributed by atoms with Crippen molar-refractivity contribution in [1.82, 2.24) is 9.88 Å². The predicted molar refractivity (Wildman–Crippen MR) is 139 cm³/mol. The minimum atomic E-state index is -0.162. The summed E-state index contributed by atoms with van der Waals surface area (Å²) in [6.45, 7) is 1.76. The molecule has 1 aliphatic heterocycles. The molecule has 5 nitrogen and oxygen atoms in total. The normalized spacial score (nSPS) is 17.8. The molecule has 1 aromatic heterocycles. The fourth-order valence-electron chi connectivity index (χ4n) is 4.75. The van der Waals surface area contributed by atoms with Gasteiger partial charge in [-0.3, -0.25) is 9.59 Å². The summed E-state index contributed by atoms with van der Waals surface area (Å²) < 4.78 is 0.965. The van der Waals surface area contributed by atoms with Gasteiger partial charge in [-0.25, -0.2) is 4.98 Å². The second kappa shape index (κ2) is 12.3. The van der Waals surface area contributed by atoms with Gasteiger partial charge < -0.3 is 10.2 Å². The van der Waals surface area contributed by atoms with E-state index in [9.17, 15) is 9.59 Å². The molecule has 2 aromatic rings. The van der Waals surface area contributed by atoms with Crippen LogP contribution in [-0.2, 0) is 9.59 Å². The van der Waals surface area contributed by atoms with Crippen LogP contribution in [0.2, 0.25) is 0 Å². The molecule has 1 aliphatic carbocycles. The number of likely N-dealkylation sites (tertiary alicyclic amines) is 1. The summed E-state index contributed by atoms with van der Waals surface area (Å²) in [5.74, 6) is 1.11. The molecule has 178 valence electrons. The molecule has 1 atom stereocenters. The number of hydrogen-bond acceptors (Lipinski definition) is 6. The molecule has 0 spiro atoms. The summed E-state index contributed by atoms with van der Waals surface area (Å²) in [4.78, 5) is 33.3. The molecular formula is C25H33N3O2S3. The fourth-order valence-corrected chi connectivity index (χ4v) is 6.94. The molecule has 1 N–H and O–H groups in total. The Bertz CT molecular complexity index is 919. The van der Waals surface area contributed by atoms with Crippen LogP contribution in [0.3, 0.4) is 0 Å². The maximum atomic E-state index is 13.3. The van der Waals surface area contributed by atoms with Crippen molar-refractivity contribution in [2.75, 3.05) is 30.4 Å². The van der Waals surface area contributed by atoms with E-state index in [-0.39, 0.29) is 17.7 Å². The summed E-state index contributed by atoms with van der Waals surface area (Å²) in [6.07, 6.45) is 13.1. The molecule has 1 saturated heterocycles.